The van der Waals surface area contributed by atoms with Gasteiger partial charge in [0.05, 0.1) is 6.67 Å². The summed E-state index contributed by atoms with van der Waals surface area (Å²) in [5.41, 5.74) is 0. The van der Waals surface area contributed by atoms with E-state index in [9.17, 15) is 0 Å². The summed E-state index contributed by atoms with van der Waals surface area (Å²) in [6.45, 7) is 5.89. The molecule has 0 unspecified atom stereocenters. The minimum absolute atomic E-state index is 0.791. The number of aryl methyl sites for hydroxylation is 1. The van der Waals surface area contributed by atoms with Crippen molar-refractivity contribution in [2.75, 3.05) is 13.6 Å². The molecule has 5 heteroatoms. The second-order valence-corrected chi connectivity index (χ2v) is 4.53. The van der Waals surface area contributed by atoms with Gasteiger partial charge in [-0.05, 0) is 32.7 Å². The van der Waals surface area contributed by atoms with Crippen LogP contribution in [0.25, 0.3) is 0 Å². The minimum Gasteiger partial charge on any atom is -0.288 e. The topological polar surface area (TPSA) is 21.1 Å². The van der Waals surface area contributed by atoms with Crippen molar-refractivity contribution >= 4 is 23.6 Å². The van der Waals surface area contributed by atoms with Crippen LogP contribution in [0.2, 0.25) is 0 Å². The van der Waals surface area contributed by atoms with E-state index in [1.807, 2.05) is 11.6 Å². The van der Waals surface area contributed by atoms with Crippen molar-refractivity contribution in [2.45, 2.75) is 20.5 Å². The first-order valence-electron chi connectivity index (χ1n) is 3.86. The molecule has 0 aliphatic rings. The fourth-order valence-corrected chi connectivity index (χ4v) is 1.88. The summed E-state index contributed by atoms with van der Waals surface area (Å²) >= 11 is 6.69. The minimum atomic E-state index is 0.791. The normalized spacial score (nSPS) is 11.0. The summed E-state index contributed by atoms with van der Waals surface area (Å²) < 4.78 is 2.71. The summed E-state index contributed by atoms with van der Waals surface area (Å²) in [6, 6.07) is 0. The fourth-order valence-electron chi connectivity index (χ4n) is 0.828. The Balaban J connectivity index is 2.75. The van der Waals surface area contributed by atoms with E-state index in [-0.39, 0.29) is 0 Å². The average molecular weight is 203 g/mol. The highest BCUT2D eigenvalue weighted by Crippen LogP contribution is 2.06. The molecule has 3 nitrogen and oxygen atoms in total. The van der Waals surface area contributed by atoms with Gasteiger partial charge in [0.25, 0.3) is 0 Å². The summed E-state index contributed by atoms with van der Waals surface area (Å²) in [5.74, 6) is 0. The van der Waals surface area contributed by atoms with Crippen LogP contribution in [0, 0.1) is 10.9 Å². The van der Waals surface area contributed by atoms with E-state index in [2.05, 4.69) is 24.0 Å². The number of aromatic nitrogens is 2. The van der Waals surface area contributed by atoms with Crippen molar-refractivity contribution in [1.29, 1.82) is 0 Å². The van der Waals surface area contributed by atoms with Crippen molar-refractivity contribution < 1.29 is 0 Å². The zero-order valence-corrected chi connectivity index (χ0v) is 9.21. The van der Waals surface area contributed by atoms with Crippen molar-refractivity contribution in [3.63, 3.8) is 0 Å². The SMILES string of the molecule is CCN(C)Cn1nc(C)sc1=S. The number of rotatable bonds is 3. The standard InChI is InChI=1S/C7H13N3S2/c1-4-9(3)5-10-7(11)12-6(2)8-10/h4-5H2,1-3H3. The third-order valence-corrected chi connectivity index (χ3v) is 2.85. The van der Waals surface area contributed by atoms with Crippen LogP contribution in [0.5, 0.6) is 0 Å². The van der Waals surface area contributed by atoms with E-state index >= 15 is 0 Å². The highest BCUT2D eigenvalue weighted by molar-refractivity contribution is 7.73. The lowest BCUT2D eigenvalue weighted by Gasteiger charge is -2.12. The molecule has 0 radical (unpaired) electrons. The van der Waals surface area contributed by atoms with Gasteiger partial charge in [-0.1, -0.05) is 18.3 Å². The van der Waals surface area contributed by atoms with Gasteiger partial charge in [0.2, 0.25) is 0 Å². The van der Waals surface area contributed by atoms with E-state index < -0.39 is 0 Å². The predicted octanol–water partition coefficient (Wildman–Crippen LogP) is 1.89. The predicted molar refractivity (Wildman–Crippen MR) is 54.0 cm³/mol. The van der Waals surface area contributed by atoms with Gasteiger partial charge in [-0.3, -0.25) is 4.90 Å². The zero-order chi connectivity index (χ0) is 9.14. The first-order chi connectivity index (χ1) is 5.63. The first kappa shape index (κ1) is 9.83. The Labute approximate surface area is 81.6 Å². The molecule has 0 spiro atoms. The van der Waals surface area contributed by atoms with E-state index in [0.29, 0.717) is 0 Å². The second kappa shape index (κ2) is 4.11. The molecule has 68 valence electrons. The van der Waals surface area contributed by atoms with Crippen molar-refractivity contribution in [1.82, 2.24) is 14.7 Å². The van der Waals surface area contributed by atoms with Crippen LogP contribution >= 0.6 is 23.6 Å². The lowest BCUT2D eigenvalue weighted by atomic mass is 10.7. The molecule has 1 rings (SSSR count). The summed E-state index contributed by atoms with van der Waals surface area (Å²) in [7, 11) is 2.05. The Morgan fingerprint density at radius 2 is 2.33 bits per heavy atom. The van der Waals surface area contributed by atoms with Crippen LogP contribution in [-0.4, -0.2) is 28.3 Å². The molecule has 1 aromatic heterocycles. The third kappa shape index (κ3) is 2.36. The molecular weight excluding hydrogens is 190 g/mol. The molecular formula is C7H13N3S2. The van der Waals surface area contributed by atoms with Crippen molar-refractivity contribution in [3.8, 4) is 0 Å². The van der Waals surface area contributed by atoms with Gasteiger partial charge in [-0.2, -0.15) is 5.10 Å². The van der Waals surface area contributed by atoms with Gasteiger partial charge in [0, 0.05) is 0 Å². The quantitative estimate of drug-likeness (QED) is 0.700. The van der Waals surface area contributed by atoms with Crippen LogP contribution in [-0.2, 0) is 6.67 Å². The van der Waals surface area contributed by atoms with Crippen LogP contribution in [0.4, 0.5) is 0 Å². The maximum Gasteiger partial charge on any atom is 0.180 e. The van der Waals surface area contributed by atoms with Crippen molar-refractivity contribution in [3.05, 3.63) is 8.96 Å². The average Bonchev–Trinajstić information content (AvgIpc) is 2.30. The van der Waals surface area contributed by atoms with Gasteiger partial charge in [-0.15, -0.1) is 0 Å². The second-order valence-electron chi connectivity index (χ2n) is 2.70. The third-order valence-electron chi connectivity index (χ3n) is 1.62. The smallest absolute Gasteiger partial charge is 0.180 e. The largest absolute Gasteiger partial charge is 0.288 e. The van der Waals surface area contributed by atoms with Gasteiger partial charge in [-0.25, -0.2) is 4.68 Å². The molecule has 0 saturated heterocycles. The van der Waals surface area contributed by atoms with E-state index in [0.717, 1.165) is 22.2 Å². The van der Waals surface area contributed by atoms with Gasteiger partial charge >= 0.3 is 0 Å². The number of hydrogen-bond donors (Lipinski definition) is 0. The maximum atomic E-state index is 5.13. The van der Waals surface area contributed by atoms with Crippen LogP contribution < -0.4 is 0 Å². The highest BCUT2D eigenvalue weighted by Gasteiger charge is 2.00. The molecule has 0 aliphatic carbocycles. The number of hydrogen-bond acceptors (Lipinski definition) is 4. The molecule has 0 aromatic carbocycles. The van der Waals surface area contributed by atoms with Crippen LogP contribution in [0.3, 0.4) is 0 Å². The first-order valence-corrected chi connectivity index (χ1v) is 5.09. The van der Waals surface area contributed by atoms with Crippen molar-refractivity contribution in [2.24, 2.45) is 0 Å². The van der Waals surface area contributed by atoms with E-state index in [4.69, 9.17) is 12.2 Å². The van der Waals surface area contributed by atoms with Gasteiger partial charge in [0.15, 0.2) is 3.95 Å². The van der Waals surface area contributed by atoms with E-state index in [1.54, 1.807) is 11.3 Å². The zero-order valence-electron chi connectivity index (χ0n) is 7.57. The maximum absolute atomic E-state index is 5.13. The Morgan fingerprint density at radius 3 is 2.75 bits per heavy atom. The summed E-state index contributed by atoms with van der Waals surface area (Å²) in [4.78, 5) is 2.16. The lowest BCUT2D eigenvalue weighted by Crippen LogP contribution is -2.22. The molecule has 0 atom stereocenters. The summed E-state index contributed by atoms with van der Waals surface area (Å²) in [5, 5.41) is 5.32. The molecule has 0 amide bonds. The van der Waals surface area contributed by atoms with Crippen LogP contribution in [0.15, 0.2) is 0 Å². The molecule has 0 aliphatic heterocycles. The number of nitrogens with zero attached hydrogens (tertiary/aromatic N) is 3. The molecule has 12 heavy (non-hydrogen) atoms. The Hall–Kier alpha value is -0.260. The Morgan fingerprint density at radius 1 is 1.67 bits per heavy atom. The Bertz CT molecular complexity index is 302. The fraction of sp³-hybridized carbons (Fsp3) is 0.714. The molecule has 0 saturated carbocycles. The molecule has 0 N–H and O–H groups in total. The van der Waals surface area contributed by atoms with Gasteiger partial charge < -0.3 is 0 Å². The molecule has 1 heterocycles. The summed E-state index contributed by atoms with van der Waals surface area (Å²) in [6.07, 6.45) is 0. The Kier molecular flexibility index (Phi) is 3.37. The molecule has 1 aromatic rings. The van der Waals surface area contributed by atoms with Gasteiger partial charge in [0.1, 0.15) is 5.01 Å². The monoisotopic (exact) mass is 203 g/mol. The highest BCUT2D eigenvalue weighted by atomic mass is 32.1. The molecule has 0 bridgehead atoms. The molecule has 0 fully saturated rings. The van der Waals surface area contributed by atoms with Crippen LogP contribution in [0.1, 0.15) is 11.9 Å². The lowest BCUT2D eigenvalue weighted by molar-refractivity contribution is 0.265. The van der Waals surface area contributed by atoms with E-state index in [1.165, 1.54) is 0 Å².